The molecule has 1 saturated heterocycles. The van der Waals surface area contributed by atoms with E-state index in [1.165, 1.54) is 5.56 Å². The van der Waals surface area contributed by atoms with Crippen molar-refractivity contribution < 1.29 is 9.84 Å². The molecule has 2 rings (SSSR count). The summed E-state index contributed by atoms with van der Waals surface area (Å²) >= 11 is 3.43. The Morgan fingerprint density at radius 3 is 3.17 bits per heavy atom. The molecule has 100 valence electrons. The third-order valence-corrected chi connectivity index (χ3v) is 3.57. The van der Waals surface area contributed by atoms with E-state index in [4.69, 9.17) is 9.84 Å². The number of anilines is 1. The third kappa shape index (κ3) is 3.43. The van der Waals surface area contributed by atoms with Gasteiger partial charge < -0.3 is 14.7 Å². The fourth-order valence-corrected chi connectivity index (χ4v) is 2.80. The molecule has 1 fully saturated rings. The molecule has 0 saturated carbocycles. The fourth-order valence-electron chi connectivity index (χ4n) is 2.35. The van der Waals surface area contributed by atoms with E-state index in [0.29, 0.717) is 6.61 Å². The zero-order valence-corrected chi connectivity index (χ0v) is 12.2. The zero-order valence-electron chi connectivity index (χ0n) is 10.6. The first-order valence-corrected chi connectivity index (χ1v) is 7.09. The number of halogens is 1. The van der Waals surface area contributed by atoms with Gasteiger partial charge in [0.15, 0.2) is 0 Å². The van der Waals surface area contributed by atoms with Gasteiger partial charge in [-0.05, 0) is 47.3 Å². The summed E-state index contributed by atoms with van der Waals surface area (Å²) in [6.45, 7) is 4.46. The molecule has 0 amide bonds. The van der Waals surface area contributed by atoms with Gasteiger partial charge in [0.05, 0.1) is 19.3 Å². The minimum atomic E-state index is 0.0893. The van der Waals surface area contributed by atoms with E-state index < -0.39 is 0 Å². The molecule has 2 heterocycles. The number of nitrogens with zero attached hydrogens (tertiary/aromatic N) is 2. The van der Waals surface area contributed by atoms with Gasteiger partial charge in [-0.1, -0.05) is 0 Å². The average molecular weight is 315 g/mol. The van der Waals surface area contributed by atoms with Crippen LogP contribution in [0.3, 0.4) is 0 Å². The van der Waals surface area contributed by atoms with Crippen molar-refractivity contribution in [2.45, 2.75) is 25.9 Å². The number of pyridine rings is 1. The van der Waals surface area contributed by atoms with E-state index in [1.807, 2.05) is 6.20 Å². The number of aliphatic hydroxyl groups is 1. The van der Waals surface area contributed by atoms with Crippen molar-refractivity contribution in [3.05, 3.63) is 22.3 Å². The Labute approximate surface area is 116 Å². The largest absolute Gasteiger partial charge is 0.394 e. The smallest absolute Gasteiger partial charge is 0.131 e. The van der Waals surface area contributed by atoms with Crippen molar-refractivity contribution in [3.63, 3.8) is 0 Å². The maximum absolute atomic E-state index is 8.80. The summed E-state index contributed by atoms with van der Waals surface area (Å²) in [5.74, 6) is 1.04. The lowest BCUT2D eigenvalue weighted by Crippen LogP contribution is -2.40. The van der Waals surface area contributed by atoms with Crippen LogP contribution < -0.4 is 4.90 Å². The Morgan fingerprint density at radius 2 is 2.44 bits per heavy atom. The van der Waals surface area contributed by atoms with Gasteiger partial charge >= 0.3 is 0 Å². The number of aryl methyl sites for hydroxylation is 1. The predicted molar refractivity (Wildman–Crippen MR) is 74.9 cm³/mol. The molecule has 0 bridgehead atoms. The Bertz CT molecular complexity index is 401. The number of hydrogen-bond acceptors (Lipinski definition) is 4. The van der Waals surface area contributed by atoms with Crippen LogP contribution in [0.25, 0.3) is 0 Å². The summed E-state index contributed by atoms with van der Waals surface area (Å²) in [5.41, 5.74) is 1.17. The molecule has 4 nitrogen and oxygen atoms in total. The summed E-state index contributed by atoms with van der Waals surface area (Å²) in [4.78, 5) is 6.76. The van der Waals surface area contributed by atoms with Crippen LogP contribution in [0.1, 0.15) is 18.4 Å². The van der Waals surface area contributed by atoms with Crippen LogP contribution in [0.4, 0.5) is 5.82 Å². The molecule has 1 N–H and O–H groups in total. The van der Waals surface area contributed by atoms with Crippen molar-refractivity contribution in [1.29, 1.82) is 0 Å². The number of aliphatic hydroxyl groups excluding tert-OH is 1. The Balaban J connectivity index is 2.03. The van der Waals surface area contributed by atoms with E-state index in [0.717, 1.165) is 36.2 Å². The van der Waals surface area contributed by atoms with Gasteiger partial charge in [-0.15, -0.1) is 0 Å². The number of aromatic nitrogens is 1. The lowest BCUT2D eigenvalue weighted by molar-refractivity contribution is 0.0213. The molecule has 1 aliphatic heterocycles. The van der Waals surface area contributed by atoms with Gasteiger partial charge in [0.2, 0.25) is 0 Å². The van der Waals surface area contributed by atoms with Crippen molar-refractivity contribution in [2.24, 2.45) is 0 Å². The normalized spacial score (nSPS) is 20.2. The van der Waals surface area contributed by atoms with Crippen LogP contribution in [0, 0.1) is 6.92 Å². The van der Waals surface area contributed by atoms with Gasteiger partial charge in [0, 0.05) is 23.8 Å². The highest BCUT2D eigenvalue weighted by Gasteiger charge is 2.22. The van der Waals surface area contributed by atoms with E-state index >= 15 is 0 Å². The molecule has 1 atom stereocenters. The molecule has 1 aromatic heterocycles. The van der Waals surface area contributed by atoms with Crippen molar-refractivity contribution in [2.75, 3.05) is 31.2 Å². The minimum absolute atomic E-state index is 0.0893. The van der Waals surface area contributed by atoms with Crippen molar-refractivity contribution in [3.8, 4) is 0 Å². The maximum Gasteiger partial charge on any atom is 0.131 e. The van der Waals surface area contributed by atoms with Crippen LogP contribution in [-0.2, 0) is 4.74 Å². The molecular weight excluding hydrogens is 296 g/mol. The minimum Gasteiger partial charge on any atom is -0.394 e. The summed E-state index contributed by atoms with van der Waals surface area (Å²) in [6.07, 6.45) is 4.20. The van der Waals surface area contributed by atoms with E-state index in [2.05, 4.69) is 38.8 Å². The molecular formula is C13H19BrN2O2. The maximum atomic E-state index is 8.80. The second-order valence-electron chi connectivity index (χ2n) is 4.60. The Morgan fingerprint density at radius 1 is 1.61 bits per heavy atom. The lowest BCUT2D eigenvalue weighted by atomic mass is 10.1. The number of rotatable bonds is 4. The van der Waals surface area contributed by atoms with E-state index in [1.54, 1.807) is 0 Å². The quantitative estimate of drug-likeness (QED) is 0.924. The zero-order chi connectivity index (χ0) is 13.0. The summed E-state index contributed by atoms with van der Waals surface area (Å²) in [6, 6.07) is 2.08. The van der Waals surface area contributed by atoms with Gasteiger partial charge in [-0.25, -0.2) is 4.98 Å². The first-order valence-electron chi connectivity index (χ1n) is 6.30. The lowest BCUT2D eigenvalue weighted by Gasteiger charge is -2.34. The van der Waals surface area contributed by atoms with Gasteiger partial charge in [-0.2, -0.15) is 0 Å². The van der Waals surface area contributed by atoms with Gasteiger partial charge in [0.1, 0.15) is 5.82 Å². The summed E-state index contributed by atoms with van der Waals surface area (Å²) < 4.78 is 6.63. The molecule has 0 spiro atoms. The monoisotopic (exact) mass is 314 g/mol. The predicted octanol–water partition coefficient (Wildman–Crippen LogP) is 2.13. The molecule has 5 heteroatoms. The van der Waals surface area contributed by atoms with E-state index in [-0.39, 0.29) is 12.7 Å². The SMILES string of the molecule is Cc1cc(Br)cnc1N1CCC[C@H](OCCO)C1. The third-order valence-electron chi connectivity index (χ3n) is 3.14. The Kier molecular flexibility index (Phi) is 4.97. The van der Waals surface area contributed by atoms with Gasteiger partial charge in [-0.3, -0.25) is 0 Å². The molecule has 0 unspecified atom stereocenters. The average Bonchev–Trinajstić information content (AvgIpc) is 2.36. The fraction of sp³-hybridized carbons (Fsp3) is 0.615. The van der Waals surface area contributed by atoms with Crippen LogP contribution >= 0.6 is 15.9 Å². The molecule has 18 heavy (non-hydrogen) atoms. The summed E-state index contributed by atoms with van der Waals surface area (Å²) in [5, 5.41) is 8.80. The van der Waals surface area contributed by atoms with E-state index in [9.17, 15) is 0 Å². The van der Waals surface area contributed by atoms with Crippen molar-refractivity contribution >= 4 is 21.7 Å². The van der Waals surface area contributed by atoms with Crippen LogP contribution in [0.5, 0.6) is 0 Å². The second kappa shape index (κ2) is 6.50. The second-order valence-corrected chi connectivity index (χ2v) is 5.51. The number of ether oxygens (including phenoxy) is 1. The molecule has 0 aliphatic carbocycles. The highest BCUT2D eigenvalue weighted by molar-refractivity contribution is 9.10. The molecule has 1 aliphatic rings. The molecule has 0 aromatic carbocycles. The van der Waals surface area contributed by atoms with Crippen LogP contribution in [0.15, 0.2) is 16.7 Å². The topological polar surface area (TPSA) is 45.6 Å². The highest BCUT2D eigenvalue weighted by atomic mass is 79.9. The highest BCUT2D eigenvalue weighted by Crippen LogP contribution is 2.24. The van der Waals surface area contributed by atoms with Crippen LogP contribution in [0.2, 0.25) is 0 Å². The summed E-state index contributed by atoms with van der Waals surface area (Å²) in [7, 11) is 0. The number of hydrogen-bond donors (Lipinski definition) is 1. The van der Waals surface area contributed by atoms with Crippen LogP contribution in [-0.4, -0.2) is 42.5 Å². The van der Waals surface area contributed by atoms with Gasteiger partial charge in [0.25, 0.3) is 0 Å². The Hall–Kier alpha value is -0.650. The number of piperidine rings is 1. The first-order chi connectivity index (χ1) is 8.70. The standard InChI is InChI=1S/C13H19BrN2O2/c1-10-7-11(14)8-15-13(10)16-4-2-3-12(9-16)18-6-5-17/h7-8,12,17H,2-6,9H2,1H3/t12-/m0/s1. The molecule has 0 radical (unpaired) electrons. The molecule has 1 aromatic rings. The van der Waals surface area contributed by atoms with Crippen molar-refractivity contribution in [1.82, 2.24) is 4.98 Å². The first kappa shape index (κ1) is 13.8.